The summed E-state index contributed by atoms with van der Waals surface area (Å²) in [6.45, 7) is 2.21. The second kappa shape index (κ2) is 5.82. The fraction of sp³-hybridized carbons (Fsp3) is 0.636. The van der Waals surface area contributed by atoms with Crippen molar-refractivity contribution in [2.45, 2.75) is 24.9 Å². The number of allylic oxidation sites excluding steroid dienone is 2. The molecule has 3 nitrogen and oxygen atoms in total. The fourth-order valence-electron chi connectivity index (χ4n) is 2.86. The van der Waals surface area contributed by atoms with Crippen molar-refractivity contribution in [1.29, 1.82) is 0 Å². The summed E-state index contributed by atoms with van der Waals surface area (Å²) in [7, 11) is 0. The average Bonchev–Trinajstić information content (AvgIpc) is 2.79. The van der Waals surface area contributed by atoms with E-state index in [2.05, 4.69) is 11.9 Å². The van der Waals surface area contributed by atoms with Crippen molar-refractivity contribution in [2.24, 2.45) is 16.8 Å². The van der Waals surface area contributed by atoms with Gasteiger partial charge >= 0.3 is 37.0 Å². The number of halogens is 6. The molecule has 3 aliphatic rings. The minimum Gasteiger partial charge on any atom is -0.861 e. The van der Waals surface area contributed by atoms with Gasteiger partial charge in [0.05, 0.1) is 16.0 Å². The number of carbonyl (C=O) groups excluding carboxylic acids is 1. The van der Waals surface area contributed by atoms with Crippen LogP contribution in [0, 0.1) is 11.8 Å². The smallest absolute Gasteiger partial charge is 0.250 e. The van der Waals surface area contributed by atoms with Crippen LogP contribution in [-0.4, -0.2) is 25.9 Å². The zero-order valence-corrected chi connectivity index (χ0v) is 20.6. The first-order chi connectivity index (χ1) is 9.53. The van der Waals surface area contributed by atoms with E-state index in [1.165, 1.54) is 3.93 Å². The minimum atomic E-state index is -1.87. The molecule has 112 valence electrons. The maximum atomic E-state index is 11.8. The van der Waals surface area contributed by atoms with Crippen LogP contribution in [-0.2, 0) is 30.9 Å². The van der Waals surface area contributed by atoms with Crippen LogP contribution in [0.1, 0.15) is 6.92 Å². The van der Waals surface area contributed by atoms with Crippen LogP contribution in [0.15, 0.2) is 15.1 Å². The third-order valence-corrected chi connectivity index (χ3v) is 7.95. The second-order valence-corrected chi connectivity index (χ2v) is 12.0. The third kappa shape index (κ3) is 2.04. The Labute approximate surface area is 167 Å². The Morgan fingerprint density at radius 3 is 1.95 bits per heavy atom. The van der Waals surface area contributed by atoms with Crippen molar-refractivity contribution in [3.63, 3.8) is 0 Å². The third-order valence-electron chi connectivity index (χ3n) is 3.69. The number of rotatable bonds is 0. The number of hydrogen-bond acceptors (Lipinski definition) is 2. The average molecular weight is 598 g/mol. The van der Waals surface area contributed by atoms with Crippen molar-refractivity contribution < 1.29 is 36.0 Å². The van der Waals surface area contributed by atoms with Gasteiger partial charge in [-0.05, 0) is 5.90 Å². The Kier molecular flexibility index (Phi) is 5.24. The zero-order valence-electron chi connectivity index (χ0n) is 10.6. The molecule has 0 radical (unpaired) electrons. The summed E-state index contributed by atoms with van der Waals surface area (Å²) in [6, 6.07) is 0. The molecule has 0 saturated heterocycles. The molecule has 10 heteroatoms. The van der Waals surface area contributed by atoms with Gasteiger partial charge in [0.15, 0.2) is 4.33 Å². The molecule has 3 rings (SSSR count). The maximum Gasteiger partial charge on any atom is 0.250 e. The molecule has 4 unspecified atom stereocenters. The topological polar surface area (TPSA) is 52.5 Å². The van der Waals surface area contributed by atoms with E-state index in [-0.39, 0.29) is 10.1 Å². The van der Waals surface area contributed by atoms with Crippen molar-refractivity contribution in [2.75, 3.05) is 0 Å². The standard InChI is InChI=1S/C9H3Cl6NO2.C2H5.Hg/c10-3-4(11)8(13)2-1(5(17)16-6(2)18)7(3,12)9(8,14)15;1-2;/h1-2H,(H,16,17,18);1H2,2H3;/q;;+1/p-1. The zero-order chi connectivity index (χ0) is 16.4. The molecule has 0 aromatic heterocycles. The number of hydrogen-bond donors (Lipinski definition) is 0. The number of nitrogens with zero attached hydrogens (tertiary/aromatic N) is 1. The number of alkyl halides is 4. The first-order valence-corrected chi connectivity index (χ1v) is 12.1. The van der Waals surface area contributed by atoms with Crippen LogP contribution in [0.2, 0.25) is 3.93 Å². The van der Waals surface area contributed by atoms with E-state index in [4.69, 9.17) is 69.6 Å². The van der Waals surface area contributed by atoms with E-state index in [1.54, 1.807) is 0 Å². The van der Waals surface area contributed by atoms with Crippen LogP contribution < -0.4 is 5.11 Å². The Bertz CT molecular complexity index is 579. The van der Waals surface area contributed by atoms with Gasteiger partial charge in [0, 0.05) is 5.92 Å². The molecule has 1 heterocycles. The summed E-state index contributed by atoms with van der Waals surface area (Å²) in [5.74, 6) is -3.63. The molecular formula is C11H7Cl6HgNO2. The quantitative estimate of drug-likeness (QED) is 0.318. The molecule has 1 aliphatic heterocycles. The van der Waals surface area contributed by atoms with Crippen LogP contribution in [0.3, 0.4) is 0 Å². The fourth-order valence-corrected chi connectivity index (χ4v) is 5.79. The van der Waals surface area contributed by atoms with Gasteiger partial charge in [-0.1, -0.05) is 46.4 Å². The van der Waals surface area contributed by atoms with E-state index < -0.39 is 37.7 Å². The number of amides is 1. The Morgan fingerprint density at radius 1 is 1.14 bits per heavy atom. The molecule has 1 fully saturated rings. The van der Waals surface area contributed by atoms with E-state index in [9.17, 15) is 9.90 Å². The summed E-state index contributed by atoms with van der Waals surface area (Å²) < 4.78 is -0.423. The molecule has 0 aromatic rings. The maximum absolute atomic E-state index is 11.8. The summed E-state index contributed by atoms with van der Waals surface area (Å²) >= 11 is 38.1. The van der Waals surface area contributed by atoms with Crippen LogP contribution in [0.25, 0.3) is 0 Å². The SMILES string of the molecule is C[CH2][Hg+].O=C1N=C([O-])C2C1C1(Cl)C(Cl)=C(Cl)C2(Cl)C1(Cl)Cl. The Morgan fingerprint density at radius 2 is 1.52 bits per heavy atom. The van der Waals surface area contributed by atoms with Gasteiger partial charge in [0.1, 0.15) is 9.75 Å². The van der Waals surface area contributed by atoms with Crippen LogP contribution in [0.5, 0.6) is 0 Å². The molecular weight excluding hydrogens is 591 g/mol. The molecule has 1 saturated carbocycles. The molecule has 2 bridgehead atoms. The van der Waals surface area contributed by atoms with Gasteiger partial charge in [-0.3, -0.25) is 4.79 Å². The number of fused-ring (bicyclic) bond motifs is 5. The first kappa shape index (κ1) is 18.9. The van der Waals surface area contributed by atoms with Gasteiger partial charge < -0.3 is 5.11 Å². The normalized spacial score (nSPS) is 42.7. The van der Waals surface area contributed by atoms with Gasteiger partial charge in [-0.15, -0.1) is 23.2 Å². The molecule has 4 atom stereocenters. The molecule has 1 amide bonds. The van der Waals surface area contributed by atoms with Crippen molar-refractivity contribution in [3.05, 3.63) is 10.1 Å². The summed E-state index contributed by atoms with van der Waals surface area (Å²) in [4.78, 5) is 11.6. The van der Waals surface area contributed by atoms with Crippen LogP contribution >= 0.6 is 69.6 Å². The van der Waals surface area contributed by atoms with Gasteiger partial charge in [-0.25, -0.2) is 4.99 Å². The molecule has 2 aliphatic carbocycles. The van der Waals surface area contributed by atoms with Gasteiger partial charge in [0.2, 0.25) is 0 Å². The van der Waals surface area contributed by atoms with Crippen molar-refractivity contribution >= 4 is 81.4 Å². The van der Waals surface area contributed by atoms with Crippen LogP contribution in [0.4, 0.5) is 0 Å². The Balaban J connectivity index is 0.000000497. The predicted octanol–water partition coefficient (Wildman–Crippen LogP) is 3.33. The van der Waals surface area contributed by atoms with Crippen molar-refractivity contribution in [1.82, 2.24) is 0 Å². The van der Waals surface area contributed by atoms with Gasteiger partial charge in [0.25, 0.3) is 5.91 Å². The second-order valence-electron chi connectivity index (χ2n) is 4.87. The first-order valence-electron chi connectivity index (χ1n) is 5.93. The summed E-state index contributed by atoms with van der Waals surface area (Å²) in [5, 5.41) is 11.6. The predicted molar refractivity (Wildman–Crippen MR) is 80.2 cm³/mol. The summed E-state index contributed by atoms with van der Waals surface area (Å²) in [6.07, 6.45) is 0. The molecule has 0 aromatic carbocycles. The van der Waals surface area contributed by atoms with E-state index in [0.717, 1.165) is 26.1 Å². The number of aliphatic imine (C=N–C) groups is 1. The molecule has 21 heavy (non-hydrogen) atoms. The molecule has 0 N–H and O–H groups in total. The van der Waals surface area contributed by atoms with Gasteiger partial charge in [-0.2, -0.15) is 0 Å². The van der Waals surface area contributed by atoms with E-state index >= 15 is 0 Å². The number of carbonyl (C=O) groups is 1. The minimum absolute atomic E-state index is 0.106. The Hall–Kier alpha value is 1.56. The largest absolute Gasteiger partial charge is 0.861 e. The van der Waals surface area contributed by atoms with E-state index in [0.29, 0.717) is 0 Å². The van der Waals surface area contributed by atoms with Crippen molar-refractivity contribution in [3.8, 4) is 0 Å². The molecule has 0 spiro atoms. The summed E-state index contributed by atoms with van der Waals surface area (Å²) in [5.41, 5.74) is 0. The van der Waals surface area contributed by atoms with E-state index in [1.807, 2.05) is 0 Å². The monoisotopic (exact) mass is 597 g/mol.